The van der Waals surface area contributed by atoms with Gasteiger partial charge in [-0.3, -0.25) is 4.79 Å². The van der Waals surface area contributed by atoms with Crippen molar-refractivity contribution in [1.29, 1.82) is 0 Å². The maximum atomic E-state index is 11.7. The standard InChI is InChI=1S/C12H15NO3S/c1-3-16-12(15)10-7-17-11-6-13(8(2)14)5-4-9(10)11/h7H,3-6H2,1-2H3. The minimum absolute atomic E-state index is 0.0849. The van der Waals surface area contributed by atoms with E-state index in [1.165, 1.54) is 11.3 Å². The molecule has 0 bridgehead atoms. The molecule has 0 atom stereocenters. The summed E-state index contributed by atoms with van der Waals surface area (Å²) < 4.78 is 5.01. The van der Waals surface area contributed by atoms with Crippen molar-refractivity contribution in [3.63, 3.8) is 0 Å². The van der Waals surface area contributed by atoms with Crippen molar-refractivity contribution in [2.45, 2.75) is 26.8 Å². The van der Waals surface area contributed by atoms with E-state index < -0.39 is 0 Å². The zero-order valence-electron chi connectivity index (χ0n) is 9.99. The second-order valence-corrected chi connectivity index (χ2v) is 4.93. The van der Waals surface area contributed by atoms with E-state index in [4.69, 9.17) is 4.74 Å². The minimum atomic E-state index is -0.249. The van der Waals surface area contributed by atoms with Gasteiger partial charge in [0.15, 0.2) is 0 Å². The van der Waals surface area contributed by atoms with Crippen molar-refractivity contribution in [1.82, 2.24) is 4.90 Å². The summed E-state index contributed by atoms with van der Waals surface area (Å²) in [5.41, 5.74) is 1.74. The molecule has 0 aliphatic carbocycles. The molecule has 1 aromatic rings. The Bertz CT molecular complexity index is 453. The summed E-state index contributed by atoms with van der Waals surface area (Å²) in [6.45, 7) is 5.07. The van der Waals surface area contributed by atoms with Gasteiger partial charge in [-0.05, 0) is 18.9 Å². The molecule has 0 saturated carbocycles. The molecule has 17 heavy (non-hydrogen) atoms. The lowest BCUT2D eigenvalue weighted by Crippen LogP contribution is -2.33. The summed E-state index contributed by atoms with van der Waals surface area (Å²) in [5.74, 6) is -0.164. The number of esters is 1. The Labute approximate surface area is 104 Å². The number of thiophene rings is 1. The van der Waals surface area contributed by atoms with Gasteiger partial charge in [0.05, 0.1) is 18.7 Å². The summed E-state index contributed by atoms with van der Waals surface area (Å²) in [6, 6.07) is 0. The topological polar surface area (TPSA) is 46.6 Å². The third-order valence-electron chi connectivity index (χ3n) is 2.89. The Balaban J connectivity index is 2.21. The van der Waals surface area contributed by atoms with Crippen LogP contribution in [0.15, 0.2) is 5.38 Å². The van der Waals surface area contributed by atoms with Gasteiger partial charge in [0.1, 0.15) is 0 Å². The average Bonchev–Trinajstić information content (AvgIpc) is 2.71. The van der Waals surface area contributed by atoms with E-state index in [-0.39, 0.29) is 11.9 Å². The first-order valence-corrected chi connectivity index (χ1v) is 6.53. The SMILES string of the molecule is CCOC(=O)c1csc2c1CCN(C(C)=O)C2. The smallest absolute Gasteiger partial charge is 0.339 e. The third kappa shape index (κ3) is 2.34. The van der Waals surface area contributed by atoms with E-state index in [0.29, 0.717) is 25.3 Å². The van der Waals surface area contributed by atoms with Crippen LogP contribution >= 0.6 is 11.3 Å². The minimum Gasteiger partial charge on any atom is -0.462 e. The van der Waals surface area contributed by atoms with E-state index in [1.54, 1.807) is 18.7 Å². The zero-order chi connectivity index (χ0) is 12.4. The fourth-order valence-corrected chi connectivity index (χ4v) is 3.06. The molecule has 0 radical (unpaired) electrons. The number of ether oxygens (including phenoxy) is 1. The van der Waals surface area contributed by atoms with Crippen LogP contribution in [0.25, 0.3) is 0 Å². The van der Waals surface area contributed by atoms with Crippen LogP contribution in [0.1, 0.15) is 34.6 Å². The van der Waals surface area contributed by atoms with Crippen molar-refractivity contribution >= 4 is 23.2 Å². The van der Waals surface area contributed by atoms with Gasteiger partial charge in [-0.1, -0.05) is 0 Å². The van der Waals surface area contributed by atoms with Gasteiger partial charge in [-0.25, -0.2) is 4.79 Å². The van der Waals surface area contributed by atoms with Crippen LogP contribution < -0.4 is 0 Å². The van der Waals surface area contributed by atoms with Crippen molar-refractivity contribution in [2.75, 3.05) is 13.2 Å². The molecular weight excluding hydrogens is 238 g/mol. The number of carbonyl (C=O) groups is 2. The number of fused-ring (bicyclic) bond motifs is 1. The molecule has 2 heterocycles. The van der Waals surface area contributed by atoms with Crippen LogP contribution in [-0.4, -0.2) is 29.9 Å². The molecule has 4 nitrogen and oxygen atoms in total. The van der Waals surface area contributed by atoms with Crippen LogP contribution in [0.3, 0.4) is 0 Å². The van der Waals surface area contributed by atoms with Crippen LogP contribution in [0, 0.1) is 0 Å². The predicted octanol–water partition coefficient (Wildman–Crippen LogP) is 1.83. The predicted molar refractivity (Wildman–Crippen MR) is 65.1 cm³/mol. The van der Waals surface area contributed by atoms with Crippen molar-refractivity contribution < 1.29 is 14.3 Å². The highest BCUT2D eigenvalue weighted by Crippen LogP contribution is 2.29. The van der Waals surface area contributed by atoms with Crippen LogP contribution in [0.5, 0.6) is 0 Å². The highest BCUT2D eigenvalue weighted by Gasteiger charge is 2.25. The molecule has 0 fully saturated rings. The molecule has 0 aromatic carbocycles. The van der Waals surface area contributed by atoms with Crippen LogP contribution in [0.4, 0.5) is 0 Å². The fraction of sp³-hybridized carbons (Fsp3) is 0.500. The van der Waals surface area contributed by atoms with Crippen LogP contribution in [0.2, 0.25) is 0 Å². The van der Waals surface area contributed by atoms with Gasteiger partial charge in [0.25, 0.3) is 0 Å². The lowest BCUT2D eigenvalue weighted by atomic mass is 10.0. The second-order valence-electron chi connectivity index (χ2n) is 3.96. The Morgan fingerprint density at radius 2 is 2.29 bits per heavy atom. The quantitative estimate of drug-likeness (QED) is 0.755. The Morgan fingerprint density at radius 1 is 1.53 bits per heavy atom. The molecule has 0 spiro atoms. The number of nitrogens with zero attached hydrogens (tertiary/aromatic N) is 1. The van der Waals surface area contributed by atoms with Crippen molar-refractivity contribution in [3.8, 4) is 0 Å². The van der Waals surface area contributed by atoms with Gasteiger partial charge in [0, 0.05) is 23.7 Å². The highest BCUT2D eigenvalue weighted by atomic mass is 32.1. The first-order valence-electron chi connectivity index (χ1n) is 5.65. The van der Waals surface area contributed by atoms with E-state index in [0.717, 1.165) is 16.9 Å². The lowest BCUT2D eigenvalue weighted by Gasteiger charge is -2.26. The summed E-state index contributed by atoms with van der Waals surface area (Å²) >= 11 is 1.53. The number of amides is 1. The first-order chi connectivity index (χ1) is 8.13. The van der Waals surface area contributed by atoms with E-state index in [2.05, 4.69) is 0 Å². The van der Waals surface area contributed by atoms with Gasteiger partial charge >= 0.3 is 5.97 Å². The van der Waals surface area contributed by atoms with Crippen LogP contribution in [-0.2, 0) is 22.5 Å². The zero-order valence-corrected chi connectivity index (χ0v) is 10.8. The largest absolute Gasteiger partial charge is 0.462 e. The number of carbonyl (C=O) groups excluding carboxylic acids is 2. The fourth-order valence-electron chi connectivity index (χ4n) is 1.98. The van der Waals surface area contributed by atoms with Crippen molar-refractivity contribution in [2.24, 2.45) is 0 Å². The van der Waals surface area contributed by atoms with Gasteiger partial charge in [0.2, 0.25) is 5.91 Å². The summed E-state index contributed by atoms with van der Waals surface area (Å²) in [6.07, 6.45) is 0.743. The number of hydrogen-bond acceptors (Lipinski definition) is 4. The van der Waals surface area contributed by atoms with E-state index in [9.17, 15) is 9.59 Å². The molecule has 0 unspecified atom stereocenters. The molecule has 2 rings (SSSR count). The van der Waals surface area contributed by atoms with E-state index in [1.807, 2.05) is 5.38 Å². The van der Waals surface area contributed by atoms with Gasteiger partial charge in [-0.2, -0.15) is 0 Å². The van der Waals surface area contributed by atoms with Gasteiger partial charge in [-0.15, -0.1) is 11.3 Å². The maximum absolute atomic E-state index is 11.7. The Hall–Kier alpha value is -1.36. The summed E-state index contributed by atoms with van der Waals surface area (Å²) in [5, 5.41) is 1.84. The third-order valence-corrected chi connectivity index (χ3v) is 3.90. The normalized spacial score (nSPS) is 14.4. The molecule has 1 amide bonds. The van der Waals surface area contributed by atoms with Gasteiger partial charge < -0.3 is 9.64 Å². The molecule has 1 aromatic heterocycles. The molecule has 1 aliphatic heterocycles. The molecule has 0 N–H and O–H groups in total. The molecule has 92 valence electrons. The maximum Gasteiger partial charge on any atom is 0.339 e. The highest BCUT2D eigenvalue weighted by molar-refractivity contribution is 7.10. The summed E-state index contributed by atoms with van der Waals surface area (Å²) in [7, 11) is 0. The average molecular weight is 253 g/mol. The molecule has 0 saturated heterocycles. The lowest BCUT2D eigenvalue weighted by molar-refractivity contribution is -0.129. The monoisotopic (exact) mass is 253 g/mol. The Kier molecular flexibility index (Phi) is 3.47. The molecule has 5 heteroatoms. The first kappa shape index (κ1) is 12.1. The molecular formula is C12H15NO3S. The number of rotatable bonds is 2. The van der Waals surface area contributed by atoms with Crippen molar-refractivity contribution in [3.05, 3.63) is 21.4 Å². The Morgan fingerprint density at radius 3 is 2.94 bits per heavy atom. The number of hydrogen-bond donors (Lipinski definition) is 0. The summed E-state index contributed by atoms with van der Waals surface area (Å²) in [4.78, 5) is 25.9. The second kappa shape index (κ2) is 4.87. The van der Waals surface area contributed by atoms with E-state index >= 15 is 0 Å². The molecule has 1 aliphatic rings.